The second-order valence-corrected chi connectivity index (χ2v) is 7.83. The van der Waals surface area contributed by atoms with Gasteiger partial charge in [0.25, 0.3) is 5.91 Å². The highest BCUT2D eigenvalue weighted by Crippen LogP contribution is 2.23. The van der Waals surface area contributed by atoms with Crippen LogP contribution in [0.3, 0.4) is 0 Å². The van der Waals surface area contributed by atoms with Crippen LogP contribution < -0.4 is 10.1 Å². The van der Waals surface area contributed by atoms with Gasteiger partial charge in [0.05, 0.1) is 12.9 Å². The van der Waals surface area contributed by atoms with Gasteiger partial charge < -0.3 is 10.1 Å². The number of carbonyl (C=O) groups is 2. The van der Waals surface area contributed by atoms with Gasteiger partial charge in [0.15, 0.2) is 10.9 Å². The van der Waals surface area contributed by atoms with Crippen LogP contribution in [-0.4, -0.2) is 34.1 Å². The third-order valence-corrected chi connectivity index (χ3v) is 5.74. The average molecular weight is 444 g/mol. The lowest BCUT2D eigenvalue weighted by Gasteiger charge is -2.10. The summed E-state index contributed by atoms with van der Waals surface area (Å²) in [6, 6.07) is 23.6. The fourth-order valence-electron chi connectivity index (χ4n) is 3.11. The molecule has 0 aliphatic rings. The van der Waals surface area contributed by atoms with Crippen molar-refractivity contribution in [3.63, 3.8) is 0 Å². The second-order valence-electron chi connectivity index (χ2n) is 6.89. The molecule has 4 rings (SSSR count). The van der Waals surface area contributed by atoms with Crippen molar-refractivity contribution in [3.8, 4) is 11.4 Å². The maximum absolute atomic E-state index is 12.6. The number of nitrogens with zero attached hydrogens (tertiary/aromatic N) is 2. The first-order chi connectivity index (χ1) is 15.6. The van der Waals surface area contributed by atoms with E-state index in [1.54, 1.807) is 49.7 Å². The number of imidazole rings is 1. The Kier molecular flexibility index (Phi) is 6.67. The van der Waals surface area contributed by atoms with Gasteiger partial charge in [-0.25, -0.2) is 4.98 Å². The number of anilines is 1. The normalized spacial score (nSPS) is 10.5. The smallest absolute Gasteiger partial charge is 0.255 e. The first-order valence-electron chi connectivity index (χ1n) is 9.94. The fraction of sp³-hybridized carbons (Fsp3) is 0.0800. The van der Waals surface area contributed by atoms with Crippen LogP contribution in [0.2, 0.25) is 0 Å². The quantitative estimate of drug-likeness (QED) is 0.303. The molecule has 3 aromatic carbocycles. The van der Waals surface area contributed by atoms with Crippen molar-refractivity contribution in [2.75, 3.05) is 18.2 Å². The van der Waals surface area contributed by atoms with E-state index in [4.69, 9.17) is 4.74 Å². The third kappa shape index (κ3) is 5.07. The molecule has 0 bridgehead atoms. The largest absolute Gasteiger partial charge is 0.497 e. The standard InChI is InChI=1S/C25H21N3O3S/c1-31-22-12-10-18(11-13-22)23(29)17-32-25-26-14-15-28(25)21-9-5-6-19(16-21)24(30)27-20-7-3-2-4-8-20/h2-16H,17H2,1H3,(H,27,30). The summed E-state index contributed by atoms with van der Waals surface area (Å²) in [4.78, 5) is 29.6. The van der Waals surface area contributed by atoms with Crippen LogP contribution in [0.1, 0.15) is 20.7 Å². The number of thioether (sulfide) groups is 1. The molecule has 0 spiro atoms. The monoisotopic (exact) mass is 443 g/mol. The zero-order valence-electron chi connectivity index (χ0n) is 17.4. The Balaban J connectivity index is 1.46. The molecule has 1 aromatic heterocycles. The van der Waals surface area contributed by atoms with Gasteiger partial charge in [-0.15, -0.1) is 0 Å². The highest BCUT2D eigenvalue weighted by molar-refractivity contribution is 7.99. The number of ether oxygens (including phenoxy) is 1. The molecular formula is C25H21N3O3S. The van der Waals surface area contributed by atoms with Crippen molar-refractivity contribution in [2.45, 2.75) is 5.16 Å². The number of nitrogens with one attached hydrogen (secondary N) is 1. The van der Waals surface area contributed by atoms with E-state index >= 15 is 0 Å². The molecule has 0 atom stereocenters. The molecule has 0 aliphatic carbocycles. The van der Waals surface area contributed by atoms with Crippen LogP contribution in [-0.2, 0) is 0 Å². The van der Waals surface area contributed by atoms with Crippen molar-refractivity contribution in [3.05, 3.63) is 102 Å². The number of para-hydroxylation sites is 1. The highest BCUT2D eigenvalue weighted by Gasteiger charge is 2.13. The predicted molar refractivity (Wildman–Crippen MR) is 126 cm³/mol. The van der Waals surface area contributed by atoms with Gasteiger partial charge in [-0.2, -0.15) is 0 Å². The van der Waals surface area contributed by atoms with Crippen LogP contribution in [0.4, 0.5) is 5.69 Å². The van der Waals surface area contributed by atoms with E-state index in [0.717, 1.165) is 11.4 Å². The maximum atomic E-state index is 12.6. The van der Waals surface area contributed by atoms with E-state index < -0.39 is 0 Å². The summed E-state index contributed by atoms with van der Waals surface area (Å²) < 4.78 is 7.00. The van der Waals surface area contributed by atoms with E-state index in [1.807, 2.05) is 53.2 Å². The van der Waals surface area contributed by atoms with E-state index in [1.165, 1.54) is 11.8 Å². The summed E-state index contributed by atoms with van der Waals surface area (Å²) in [6.45, 7) is 0. The van der Waals surface area contributed by atoms with Gasteiger partial charge >= 0.3 is 0 Å². The number of ketones is 1. The topological polar surface area (TPSA) is 73.2 Å². The average Bonchev–Trinajstić information content (AvgIpc) is 3.32. The summed E-state index contributed by atoms with van der Waals surface area (Å²) in [6.07, 6.45) is 3.49. The van der Waals surface area contributed by atoms with Gasteiger partial charge in [0.2, 0.25) is 0 Å². The maximum Gasteiger partial charge on any atom is 0.255 e. The molecular weight excluding hydrogens is 422 g/mol. The lowest BCUT2D eigenvalue weighted by atomic mass is 10.1. The molecule has 1 amide bonds. The Hall–Kier alpha value is -3.84. The molecule has 4 aromatic rings. The van der Waals surface area contributed by atoms with Gasteiger partial charge in [0.1, 0.15) is 5.75 Å². The zero-order valence-corrected chi connectivity index (χ0v) is 18.2. The summed E-state index contributed by atoms with van der Waals surface area (Å²) in [5, 5.41) is 3.56. The van der Waals surface area contributed by atoms with Crippen molar-refractivity contribution in [1.29, 1.82) is 0 Å². The summed E-state index contributed by atoms with van der Waals surface area (Å²) in [5.41, 5.74) is 2.68. The Morgan fingerprint density at radius 2 is 1.75 bits per heavy atom. The van der Waals surface area contributed by atoms with E-state index in [0.29, 0.717) is 22.0 Å². The first-order valence-corrected chi connectivity index (χ1v) is 10.9. The second kappa shape index (κ2) is 9.98. The molecule has 32 heavy (non-hydrogen) atoms. The number of amides is 1. The van der Waals surface area contributed by atoms with Crippen LogP contribution in [0.25, 0.3) is 5.69 Å². The zero-order chi connectivity index (χ0) is 22.3. The molecule has 0 saturated heterocycles. The Morgan fingerprint density at radius 1 is 0.969 bits per heavy atom. The number of carbonyl (C=O) groups excluding carboxylic acids is 2. The molecule has 0 fully saturated rings. The summed E-state index contributed by atoms with van der Waals surface area (Å²) in [5.74, 6) is 0.767. The summed E-state index contributed by atoms with van der Waals surface area (Å²) in [7, 11) is 1.59. The molecule has 160 valence electrons. The Morgan fingerprint density at radius 3 is 2.50 bits per heavy atom. The van der Waals surface area contributed by atoms with E-state index in [-0.39, 0.29) is 17.4 Å². The molecule has 1 N–H and O–H groups in total. The van der Waals surface area contributed by atoms with Crippen LogP contribution in [0.15, 0.2) is 96.4 Å². The SMILES string of the molecule is COc1ccc(C(=O)CSc2nccn2-c2cccc(C(=O)Nc3ccccc3)c2)cc1. The number of rotatable bonds is 8. The van der Waals surface area contributed by atoms with Gasteiger partial charge in [0, 0.05) is 34.9 Å². The molecule has 0 radical (unpaired) electrons. The fourth-order valence-corrected chi connectivity index (χ4v) is 3.97. The number of hydrogen-bond donors (Lipinski definition) is 1. The van der Waals surface area contributed by atoms with Crippen LogP contribution in [0, 0.1) is 0 Å². The molecule has 7 heteroatoms. The number of methoxy groups -OCH3 is 1. The molecule has 0 unspecified atom stereocenters. The van der Waals surface area contributed by atoms with Crippen LogP contribution in [0.5, 0.6) is 5.75 Å². The van der Waals surface area contributed by atoms with Crippen molar-refractivity contribution in [2.24, 2.45) is 0 Å². The molecule has 1 heterocycles. The van der Waals surface area contributed by atoms with Gasteiger partial charge in [-0.1, -0.05) is 36.0 Å². The third-order valence-electron chi connectivity index (χ3n) is 4.77. The van der Waals surface area contributed by atoms with E-state index in [2.05, 4.69) is 10.3 Å². The Bertz CT molecular complexity index is 1220. The van der Waals surface area contributed by atoms with Gasteiger partial charge in [-0.3, -0.25) is 14.2 Å². The molecule has 0 saturated carbocycles. The number of benzene rings is 3. The minimum Gasteiger partial charge on any atom is -0.497 e. The Labute approximate surface area is 190 Å². The van der Waals surface area contributed by atoms with Gasteiger partial charge in [-0.05, 0) is 54.6 Å². The van der Waals surface area contributed by atoms with Crippen molar-refractivity contribution in [1.82, 2.24) is 9.55 Å². The number of hydrogen-bond acceptors (Lipinski definition) is 5. The summed E-state index contributed by atoms with van der Waals surface area (Å²) >= 11 is 1.35. The molecule has 6 nitrogen and oxygen atoms in total. The first kappa shape index (κ1) is 21.4. The number of aromatic nitrogens is 2. The van der Waals surface area contributed by atoms with E-state index in [9.17, 15) is 9.59 Å². The minimum atomic E-state index is -0.193. The minimum absolute atomic E-state index is 0.00296. The van der Waals surface area contributed by atoms with Crippen molar-refractivity contribution < 1.29 is 14.3 Å². The highest BCUT2D eigenvalue weighted by atomic mass is 32.2. The van der Waals surface area contributed by atoms with Crippen molar-refractivity contribution >= 4 is 29.1 Å². The lowest BCUT2D eigenvalue weighted by molar-refractivity contribution is 0.101. The lowest BCUT2D eigenvalue weighted by Crippen LogP contribution is -2.12. The number of Topliss-reactive ketones (excluding diaryl/α,β-unsaturated/α-hetero) is 1. The van der Waals surface area contributed by atoms with Crippen LogP contribution >= 0.6 is 11.8 Å². The molecule has 0 aliphatic heterocycles. The predicted octanol–water partition coefficient (Wildman–Crippen LogP) is 5.11.